The lowest BCUT2D eigenvalue weighted by atomic mass is 10.2. The number of carbonyl (C=O) groups excluding carboxylic acids is 1. The van der Waals surface area contributed by atoms with Gasteiger partial charge >= 0.3 is 5.97 Å². The van der Waals surface area contributed by atoms with Gasteiger partial charge in [0.2, 0.25) is 0 Å². The topological polar surface area (TPSA) is 72.3 Å². The number of aromatic nitrogens is 2. The standard InChI is InChI=1S/C12H12N2O3S2/c1-7(6-15)5-8-9(12(16)17-2)14-11(19-8)10-13-3-4-18-10/h3-5,15H,6H2,1-2H3/b7-5+. The Kier molecular flexibility index (Phi) is 4.41. The normalized spacial score (nSPS) is 11.6. The van der Waals surface area contributed by atoms with Crippen molar-refractivity contribution in [2.45, 2.75) is 6.92 Å². The Hall–Kier alpha value is -1.57. The van der Waals surface area contributed by atoms with Gasteiger partial charge in [0.25, 0.3) is 0 Å². The number of esters is 1. The zero-order chi connectivity index (χ0) is 13.8. The monoisotopic (exact) mass is 296 g/mol. The predicted octanol–water partition coefficient (Wildman–Crippen LogP) is 2.45. The molecular weight excluding hydrogens is 284 g/mol. The summed E-state index contributed by atoms with van der Waals surface area (Å²) in [6.45, 7) is 1.72. The van der Waals surface area contributed by atoms with Gasteiger partial charge in [-0.1, -0.05) is 0 Å². The Labute approximate surface area is 118 Å². The number of rotatable bonds is 4. The molecule has 2 aromatic rings. The van der Waals surface area contributed by atoms with Gasteiger partial charge in [0, 0.05) is 11.6 Å². The van der Waals surface area contributed by atoms with Crippen molar-refractivity contribution in [3.05, 3.63) is 27.7 Å². The van der Waals surface area contributed by atoms with E-state index in [0.717, 1.165) is 10.6 Å². The molecule has 0 radical (unpaired) electrons. The molecule has 0 amide bonds. The van der Waals surface area contributed by atoms with Crippen molar-refractivity contribution in [2.24, 2.45) is 0 Å². The van der Waals surface area contributed by atoms with Gasteiger partial charge < -0.3 is 9.84 Å². The molecule has 0 saturated heterocycles. The quantitative estimate of drug-likeness (QED) is 0.877. The van der Waals surface area contributed by atoms with Crippen molar-refractivity contribution in [3.8, 4) is 10.0 Å². The largest absolute Gasteiger partial charge is 0.464 e. The van der Waals surface area contributed by atoms with Gasteiger partial charge in [-0.2, -0.15) is 0 Å². The highest BCUT2D eigenvalue weighted by atomic mass is 32.1. The molecule has 0 aliphatic carbocycles. The number of aliphatic hydroxyl groups is 1. The Morgan fingerprint density at radius 3 is 2.89 bits per heavy atom. The van der Waals surface area contributed by atoms with Crippen LogP contribution in [0.15, 0.2) is 17.2 Å². The fourth-order valence-electron chi connectivity index (χ4n) is 1.36. The average Bonchev–Trinajstić information content (AvgIpc) is 3.06. The molecule has 0 spiro atoms. The fraction of sp³-hybridized carbons (Fsp3) is 0.250. The molecule has 1 N–H and O–H groups in total. The minimum Gasteiger partial charge on any atom is -0.464 e. The maximum Gasteiger partial charge on any atom is 0.358 e. The molecule has 7 heteroatoms. The number of methoxy groups -OCH3 is 1. The molecule has 0 bridgehead atoms. The van der Waals surface area contributed by atoms with E-state index in [0.29, 0.717) is 9.88 Å². The molecule has 100 valence electrons. The van der Waals surface area contributed by atoms with E-state index in [1.807, 2.05) is 5.38 Å². The first-order valence-corrected chi connectivity index (χ1v) is 7.12. The van der Waals surface area contributed by atoms with E-state index in [1.54, 1.807) is 19.2 Å². The summed E-state index contributed by atoms with van der Waals surface area (Å²) in [5.41, 5.74) is 1.00. The van der Waals surface area contributed by atoms with Crippen LogP contribution in [0.5, 0.6) is 0 Å². The van der Waals surface area contributed by atoms with Crippen LogP contribution in [0.3, 0.4) is 0 Å². The van der Waals surface area contributed by atoms with Crippen molar-refractivity contribution in [1.29, 1.82) is 0 Å². The third-order valence-corrected chi connectivity index (χ3v) is 4.19. The highest BCUT2D eigenvalue weighted by Gasteiger charge is 2.19. The van der Waals surface area contributed by atoms with Crippen LogP contribution in [0.4, 0.5) is 0 Å². The molecule has 0 aromatic carbocycles. The maximum atomic E-state index is 11.7. The summed E-state index contributed by atoms with van der Waals surface area (Å²) in [5, 5.41) is 12.3. The molecular formula is C12H12N2O3S2. The predicted molar refractivity (Wildman–Crippen MR) is 75.3 cm³/mol. The summed E-state index contributed by atoms with van der Waals surface area (Å²) >= 11 is 2.81. The number of hydrogen-bond acceptors (Lipinski definition) is 7. The maximum absolute atomic E-state index is 11.7. The third-order valence-electron chi connectivity index (χ3n) is 2.27. The van der Waals surface area contributed by atoms with Gasteiger partial charge in [0.05, 0.1) is 18.6 Å². The van der Waals surface area contributed by atoms with Crippen molar-refractivity contribution in [2.75, 3.05) is 13.7 Å². The first-order valence-electron chi connectivity index (χ1n) is 5.42. The molecule has 19 heavy (non-hydrogen) atoms. The second-order valence-corrected chi connectivity index (χ2v) is 5.63. The Morgan fingerprint density at radius 1 is 1.53 bits per heavy atom. The molecule has 0 atom stereocenters. The third kappa shape index (κ3) is 3.06. The molecule has 2 aromatic heterocycles. The van der Waals surface area contributed by atoms with E-state index in [-0.39, 0.29) is 12.3 Å². The molecule has 0 aliphatic rings. The van der Waals surface area contributed by atoms with Gasteiger partial charge in [-0.25, -0.2) is 14.8 Å². The zero-order valence-electron chi connectivity index (χ0n) is 10.4. The van der Waals surface area contributed by atoms with Crippen molar-refractivity contribution in [3.63, 3.8) is 0 Å². The van der Waals surface area contributed by atoms with E-state index < -0.39 is 5.97 Å². The Morgan fingerprint density at radius 2 is 2.32 bits per heavy atom. The summed E-state index contributed by atoms with van der Waals surface area (Å²) in [6.07, 6.45) is 3.43. The summed E-state index contributed by atoms with van der Waals surface area (Å²) in [7, 11) is 1.32. The van der Waals surface area contributed by atoms with E-state index >= 15 is 0 Å². The molecule has 2 rings (SSSR count). The van der Waals surface area contributed by atoms with E-state index in [2.05, 4.69) is 9.97 Å². The summed E-state index contributed by atoms with van der Waals surface area (Å²) in [5.74, 6) is -0.490. The van der Waals surface area contributed by atoms with Crippen LogP contribution in [0.1, 0.15) is 22.3 Å². The second-order valence-electron chi connectivity index (χ2n) is 3.71. The number of thiazole rings is 2. The van der Waals surface area contributed by atoms with Gasteiger partial charge in [-0.3, -0.25) is 0 Å². The summed E-state index contributed by atoms with van der Waals surface area (Å²) < 4.78 is 4.72. The number of carbonyl (C=O) groups is 1. The zero-order valence-corrected chi connectivity index (χ0v) is 12.0. The molecule has 0 saturated carbocycles. The van der Waals surface area contributed by atoms with Crippen molar-refractivity contribution in [1.82, 2.24) is 9.97 Å². The number of aliphatic hydroxyl groups excluding tert-OH is 1. The molecule has 0 fully saturated rings. The Balaban J connectivity index is 2.48. The summed E-state index contributed by atoms with van der Waals surface area (Å²) in [4.78, 5) is 20.8. The molecule has 2 heterocycles. The van der Waals surface area contributed by atoms with Crippen LogP contribution in [-0.4, -0.2) is 34.8 Å². The van der Waals surface area contributed by atoms with Crippen LogP contribution < -0.4 is 0 Å². The average molecular weight is 296 g/mol. The van der Waals surface area contributed by atoms with Crippen LogP contribution in [0.25, 0.3) is 16.1 Å². The van der Waals surface area contributed by atoms with Crippen molar-refractivity contribution >= 4 is 34.7 Å². The lowest BCUT2D eigenvalue weighted by Gasteiger charge is -1.97. The second kappa shape index (κ2) is 6.05. The SMILES string of the molecule is COC(=O)c1nc(-c2nccs2)sc1/C=C(\C)CO. The van der Waals surface area contributed by atoms with Gasteiger partial charge in [0.15, 0.2) is 15.7 Å². The van der Waals surface area contributed by atoms with Gasteiger partial charge in [-0.15, -0.1) is 22.7 Å². The first kappa shape index (κ1) is 13.9. The highest BCUT2D eigenvalue weighted by molar-refractivity contribution is 7.21. The summed E-state index contributed by atoms with van der Waals surface area (Å²) in [6, 6.07) is 0. The number of ether oxygens (including phenoxy) is 1. The molecule has 0 unspecified atom stereocenters. The van der Waals surface area contributed by atoms with E-state index in [4.69, 9.17) is 9.84 Å². The van der Waals surface area contributed by atoms with Crippen molar-refractivity contribution < 1.29 is 14.6 Å². The van der Waals surface area contributed by atoms with Crippen LogP contribution >= 0.6 is 22.7 Å². The fourth-order valence-corrected chi connectivity index (χ4v) is 3.12. The minimum atomic E-state index is -0.490. The van der Waals surface area contributed by atoms with Gasteiger partial charge in [-0.05, 0) is 18.6 Å². The highest BCUT2D eigenvalue weighted by Crippen LogP contribution is 2.31. The van der Waals surface area contributed by atoms with Crippen LogP contribution in [0, 0.1) is 0 Å². The molecule has 5 nitrogen and oxygen atoms in total. The lowest BCUT2D eigenvalue weighted by molar-refractivity contribution is 0.0595. The lowest BCUT2D eigenvalue weighted by Crippen LogP contribution is -2.03. The van der Waals surface area contributed by atoms with Gasteiger partial charge in [0.1, 0.15) is 0 Å². The van der Waals surface area contributed by atoms with Crippen LogP contribution in [0.2, 0.25) is 0 Å². The number of hydrogen-bond donors (Lipinski definition) is 1. The smallest absolute Gasteiger partial charge is 0.358 e. The van der Waals surface area contributed by atoms with E-state index in [9.17, 15) is 4.79 Å². The minimum absolute atomic E-state index is 0.0644. The van der Waals surface area contributed by atoms with E-state index in [1.165, 1.54) is 29.8 Å². The first-order chi connectivity index (χ1) is 9.15. The van der Waals surface area contributed by atoms with Crippen LogP contribution in [-0.2, 0) is 4.74 Å². The Bertz CT molecular complexity index is 603. The number of nitrogens with zero attached hydrogens (tertiary/aromatic N) is 2. The molecule has 0 aliphatic heterocycles.